The molecule has 1 aromatic rings. The molecule has 1 heterocycles. The van der Waals surface area contributed by atoms with Crippen molar-refractivity contribution in [1.29, 1.82) is 0 Å². The van der Waals surface area contributed by atoms with Gasteiger partial charge in [0, 0.05) is 24.2 Å². The van der Waals surface area contributed by atoms with Crippen LogP contribution in [0.2, 0.25) is 5.02 Å². The Morgan fingerprint density at radius 1 is 1.55 bits per heavy atom. The smallest absolute Gasteiger partial charge is 0.247 e. The van der Waals surface area contributed by atoms with Crippen LogP contribution in [-0.2, 0) is 10.0 Å². The molecule has 2 rings (SSSR count). The Labute approximate surface area is 132 Å². The lowest BCUT2D eigenvalue weighted by atomic mass is 10.2. The normalized spacial score (nSPS) is 20.3. The lowest BCUT2D eigenvalue weighted by Crippen LogP contribution is -2.40. The highest BCUT2D eigenvalue weighted by Crippen LogP contribution is 2.38. The minimum Gasteiger partial charge on any atom is -0.494 e. The summed E-state index contributed by atoms with van der Waals surface area (Å²) in [6.45, 7) is 0.779. The minimum atomic E-state index is -3.67. The largest absolute Gasteiger partial charge is 0.494 e. The second-order valence-electron chi connectivity index (χ2n) is 4.57. The standard InChI is InChI=1S/C12H16BrClN2O3S/c1-19-12-10(13)5-8(14)6-11(12)20(17,18)16-4-2-3-9(16)7-15/h5-6,9H,2-4,7,15H2,1H3. The van der Waals surface area contributed by atoms with Crippen LogP contribution in [0.15, 0.2) is 21.5 Å². The molecule has 0 bridgehead atoms. The highest BCUT2D eigenvalue weighted by molar-refractivity contribution is 9.10. The molecule has 5 nitrogen and oxygen atoms in total. The lowest BCUT2D eigenvalue weighted by molar-refractivity contribution is 0.378. The number of rotatable bonds is 4. The summed E-state index contributed by atoms with van der Waals surface area (Å²) in [7, 11) is -2.25. The van der Waals surface area contributed by atoms with Crippen LogP contribution >= 0.6 is 27.5 Å². The Hall–Kier alpha value is -0.340. The van der Waals surface area contributed by atoms with Crippen molar-refractivity contribution in [2.75, 3.05) is 20.2 Å². The van der Waals surface area contributed by atoms with Gasteiger partial charge in [0.05, 0.1) is 11.6 Å². The molecule has 0 aliphatic carbocycles. The highest BCUT2D eigenvalue weighted by atomic mass is 79.9. The summed E-state index contributed by atoms with van der Waals surface area (Å²) in [6, 6.07) is 2.85. The first-order valence-electron chi connectivity index (χ1n) is 6.16. The molecule has 112 valence electrons. The number of halogens is 2. The molecule has 0 spiro atoms. The van der Waals surface area contributed by atoms with E-state index in [1.165, 1.54) is 17.5 Å². The molecule has 1 atom stereocenters. The van der Waals surface area contributed by atoms with Crippen LogP contribution in [0, 0.1) is 0 Å². The number of sulfonamides is 1. The quantitative estimate of drug-likeness (QED) is 0.865. The third-order valence-corrected chi connectivity index (χ3v) is 6.12. The SMILES string of the molecule is COc1c(Br)cc(Cl)cc1S(=O)(=O)N1CCCC1CN. The molecule has 0 radical (unpaired) electrons. The van der Waals surface area contributed by atoms with Crippen molar-refractivity contribution in [3.63, 3.8) is 0 Å². The first kappa shape index (κ1) is 16.0. The van der Waals surface area contributed by atoms with E-state index in [4.69, 9.17) is 22.1 Å². The van der Waals surface area contributed by atoms with Gasteiger partial charge in [-0.3, -0.25) is 0 Å². The van der Waals surface area contributed by atoms with E-state index in [2.05, 4.69) is 15.9 Å². The van der Waals surface area contributed by atoms with Crippen molar-refractivity contribution < 1.29 is 13.2 Å². The maximum absolute atomic E-state index is 12.8. The third kappa shape index (κ3) is 2.82. The van der Waals surface area contributed by atoms with Crippen LogP contribution in [0.5, 0.6) is 5.75 Å². The molecular formula is C12H16BrClN2O3S. The molecule has 2 N–H and O–H groups in total. The summed E-state index contributed by atoms with van der Waals surface area (Å²) in [5.74, 6) is 0.261. The van der Waals surface area contributed by atoms with Gasteiger partial charge >= 0.3 is 0 Å². The fraction of sp³-hybridized carbons (Fsp3) is 0.500. The van der Waals surface area contributed by atoms with Gasteiger partial charge in [-0.15, -0.1) is 0 Å². The predicted octanol–water partition coefficient (Wildman–Crippen LogP) is 2.22. The van der Waals surface area contributed by atoms with E-state index >= 15 is 0 Å². The molecule has 8 heteroatoms. The number of ether oxygens (including phenoxy) is 1. The molecule has 1 aliphatic heterocycles. The summed E-state index contributed by atoms with van der Waals surface area (Å²) in [5, 5.41) is 0.333. The number of nitrogens with two attached hydrogens (primary N) is 1. The van der Waals surface area contributed by atoms with Gasteiger partial charge in [-0.05, 0) is 40.9 Å². The molecule has 1 aliphatic rings. The topological polar surface area (TPSA) is 72.6 Å². The third-order valence-electron chi connectivity index (χ3n) is 3.36. The van der Waals surface area contributed by atoms with Crippen molar-refractivity contribution in [3.8, 4) is 5.75 Å². The van der Waals surface area contributed by atoms with Crippen LogP contribution in [0.3, 0.4) is 0 Å². The van der Waals surface area contributed by atoms with Gasteiger partial charge in [0.25, 0.3) is 0 Å². The molecular weight excluding hydrogens is 368 g/mol. The van der Waals surface area contributed by atoms with Crippen LogP contribution in [-0.4, -0.2) is 39.0 Å². The molecule has 0 aromatic heterocycles. The van der Waals surface area contributed by atoms with Gasteiger partial charge in [-0.1, -0.05) is 11.6 Å². The van der Waals surface area contributed by atoms with Gasteiger partial charge in [-0.25, -0.2) is 8.42 Å². The van der Waals surface area contributed by atoms with Gasteiger partial charge in [0.1, 0.15) is 4.90 Å². The lowest BCUT2D eigenvalue weighted by Gasteiger charge is -2.24. The highest BCUT2D eigenvalue weighted by Gasteiger charge is 2.36. The number of benzene rings is 1. The maximum Gasteiger partial charge on any atom is 0.247 e. The monoisotopic (exact) mass is 382 g/mol. The Morgan fingerprint density at radius 2 is 2.25 bits per heavy atom. The van der Waals surface area contributed by atoms with E-state index in [0.717, 1.165) is 12.8 Å². The Kier molecular flexibility index (Phi) is 4.96. The Morgan fingerprint density at radius 3 is 2.85 bits per heavy atom. The number of methoxy groups -OCH3 is 1. The predicted molar refractivity (Wildman–Crippen MR) is 81.7 cm³/mol. The van der Waals surface area contributed by atoms with E-state index in [1.54, 1.807) is 6.07 Å². The Bertz CT molecular complexity index is 609. The fourth-order valence-corrected chi connectivity index (χ4v) is 5.49. The zero-order valence-electron chi connectivity index (χ0n) is 11.0. The molecule has 1 aromatic carbocycles. The summed E-state index contributed by atoms with van der Waals surface area (Å²) in [5.41, 5.74) is 5.66. The number of hydrogen-bond acceptors (Lipinski definition) is 4. The van der Waals surface area contributed by atoms with Gasteiger partial charge in [0.2, 0.25) is 10.0 Å². The van der Waals surface area contributed by atoms with Gasteiger partial charge < -0.3 is 10.5 Å². The summed E-state index contributed by atoms with van der Waals surface area (Å²) in [6.07, 6.45) is 1.59. The van der Waals surface area contributed by atoms with E-state index in [1.807, 2.05) is 0 Å². The first-order chi connectivity index (χ1) is 9.41. The zero-order valence-corrected chi connectivity index (χ0v) is 14.1. The zero-order chi connectivity index (χ0) is 14.9. The maximum atomic E-state index is 12.8. The second-order valence-corrected chi connectivity index (χ2v) is 7.72. The van der Waals surface area contributed by atoms with Crippen molar-refractivity contribution in [2.24, 2.45) is 5.73 Å². The molecule has 1 fully saturated rings. The molecule has 0 amide bonds. The van der Waals surface area contributed by atoms with E-state index < -0.39 is 10.0 Å². The van der Waals surface area contributed by atoms with Crippen molar-refractivity contribution in [2.45, 2.75) is 23.8 Å². The molecule has 20 heavy (non-hydrogen) atoms. The number of hydrogen-bond donors (Lipinski definition) is 1. The average Bonchev–Trinajstić information content (AvgIpc) is 2.86. The van der Waals surface area contributed by atoms with E-state index in [0.29, 0.717) is 22.6 Å². The summed E-state index contributed by atoms with van der Waals surface area (Å²) < 4.78 is 32.7. The Balaban J connectivity index is 2.54. The first-order valence-corrected chi connectivity index (χ1v) is 8.78. The second kappa shape index (κ2) is 6.19. The van der Waals surface area contributed by atoms with Crippen LogP contribution < -0.4 is 10.5 Å². The van der Waals surface area contributed by atoms with Crippen LogP contribution in [0.1, 0.15) is 12.8 Å². The van der Waals surface area contributed by atoms with Gasteiger partial charge in [0.15, 0.2) is 5.75 Å². The van der Waals surface area contributed by atoms with Gasteiger partial charge in [-0.2, -0.15) is 4.31 Å². The summed E-state index contributed by atoms with van der Waals surface area (Å²) in [4.78, 5) is 0.0692. The average molecular weight is 384 g/mol. The van der Waals surface area contributed by atoms with Crippen molar-refractivity contribution in [1.82, 2.24) is 4.31 Å². The number of nitrogens with zero attached hydrogens (tertiary/aromatic N) is 1. The van der Waals surface area contributed by atoms with Crippen molar-refractivity contribution in [3.05, 3.63) is 21.6 Å². The fourth-order valence-electron chi connectivity index (χ4n) is 2.41. The van der Waals surface area contributed by atoms with Crippen molar-refractivity contribution >= 4 is 37.6 Å². The van der Waals surface area contributed by atoms with E-state index in [9.17, 15) is 8.42 Å². The summed E-state index contributed by atoms with van der Waals surface area (Å²) >= 11 is 9.24. The minimum absolute atomic E-state index is 0.0692. The molecule has 0 saturated carbocycles. The molecule has 1 unspecified atom stereocenters. The van der Waals surface area contributed by atoms with E-state index in [-0.39, 0.29) is 16.7 Å². The van der Waals surface area contributed by atoms with Crippen LogP contribution in [0.4, 0.5) is 0 Å². The molecule has 1 saturated heterocycles. The van der Waals surface area contributed by atoms with Crippen LogP contribution in [0.25, 0.3) is 0 Å².